The van der Waals surface area contributed by atoms with Gasteiger partial charge in [0.1, 0.15) is 17.9 Å². The Bertz CT molecular complexity index is 798. The Morgan fingerprint density at radius 2 is 1.86 bits per heavy atom. The van der Waals surface area contributed by atoms with Gasteiger partial charge in [-0.3, -0.25) is 4.68 Å². The molecule has 1 N–H and O–H groups in total. The van der Waals surface area contributed by atoms with Crippen LogP contribution in [0.4, 0.5) is 24.7 Å². The molecule has 0 atom stereocenters. The third-order valence-corrected chi connectivity index (χ3v) is 2.88. The maximum atomic E-state index is 12.1. The SMILES string of the molecule is Cn1ncc2c(Nc3ccc(OC(F)(F)F)cc3)ncnc21. The molecule has 0 radical (unpaired) electrons. The highest BCUT2D eigenvalue weighted by atomic mass is 19.4. The van der Waals surface area contributed by atoms with Crippen molar-refractivity contribution in [3.8, 4) is 5.75 Å². The lowest BCUT2D eigenvalue weighted by atomic mass is 10.3. The summed E-state index contributed by atoms with van der Waals surface area (Å²) >= 11 is 0. The standard InChI is InChI=1S/C13H10F3N5O/c1-21-12-10(6-19-21)11(17-7-18-12)20-8-2-4-9(5-3-8)22-13(14,15)16/h2-7H,1H3,(H,17,18,20). The summed E-state index contributed by atoms with van der Waals surface area (Å²) in [7, 11) is 1.75. The number of rotatable bonds is 3. The van der Waals surface area contributed by atoms with Crippen molar-refractivity contribution in [2.24, 2.45) is 7.05 Å². The van der Waals surface area contributed by atoms with E-state index in [1.165, 1.54) is 30.6 Å². The second-order valence-electron chi connectivity index (χ2n) is 4.42. The Kier molecular flexibility index (Phi) is 3.32. The number of aromatic nitrogens is 4. The maximum absolute atomic E-state index is 12.1. The summed E-state index contributed by atoms with van der Waals surface area (Å²) in [5, 5.41) is 7.80. The molecule has 0 amide bonds. The van der Waals surface area contributed by atoms with Crippen molar-refractivity contribution in [1.82, 2.24) is 19.7 Å². The van der Waals surface area contributed by atoms with E-state index in [9.17, 15) is 13.2 Å². The van der Waals surface area contributed by atoms with Gasteiger partial charge in [0.05, 0.1) is 11.6 Å². The number of anilines is 2. The number of fused-ring (bicyclic) bond motifs is 1. The Morgan fingerprint density at radius 3 is 2.55 bits per heavy atom. The molecule has 0 bridgehead atoms. The molecule has 0 aliphatic heterocycles. The van der Waals surface area contributed by atoms with E-state index in [-0.39, 0.29) is 5.75 Å². The molecule has 0 saturated carbocycles. The molecule has 0 saturated heterocycles. The van der Waals surface area contributed by atoms with Crippen LogP contribution in [-0.2, 0) is 7.05 Å². The molecule has 6 nitrogen and oxygen atoms in total. The van der Waals surface area contributed by atoms with Crippen LogP contribution < -0.4 is 10.1 Å². The van der Waals surface area contributed by atoms with Gasteiger partial charge < -0.3 is 10.1 Å². The summed E-state index contributed by atoms with van der Waals surface area (Å²) in [6, 6.07) is 5.37. The monoisotopic (exact) mass is 309 g/mol. The molecule has 2 heterocycles. The van der Waals surface area contributed by atoms with E-state index >= 15 is 0 Å². The third-order valence-electron chi connectivity index (χ3n) is 2.88. The fraction of sp³-hybridized carbons (Fsp3) is 0.154. The van der Waals surface area contributed by atoms with Crippen LogP contribution in [0.5, 0.6) is 5.75 Å². The van der Waals surface area contributed by atoms with E-state index in [0.717, 1.165) is 0 Å². The van der Waals surface area contributed by atoms with Gasteiger partial charge in [-0.25, -0.2) is 9.97 Å². The van der Waals surface area contributed by atoms with Crippen molar-refractivity contribution in [2.75, 3.05) is 5.32 Å². The van der Waals surface area contributed by atoms with Crippen LogP contribution in [0.15, 0.2) is 36.8 Å². The van der Waals surface area contributed by atoms with E-state index in [4.69, 9.17) is 0 Å². The van der Waals surface area contributed by atoms with Crippen LogP contribution in [0.1, 0.15) is 0 Å². The van der Waals surface area contributed by atoms with Crippen molar-refractivity contribution in [2.45, 2.75) is 6.36 Å². The van der Waals surface area contributed by atoms with Crippen molar-refractivity contribution in [3.63, 3.8) is 0 Å². The van der Waals surface area contributed by atoms with Gasteiger partial charge in [-0.1, -0.05) is 0 Å². The van der Waals surface area contributed by atoms with Gasteiger partial charge in [0.25, 0.3) is 0 Å². The average molecular weight is 309 g/mol. The van der Waals surface area contributed by atoms with E-state index in [0.29, 0.717) is 22.5 Å². The molecule has 0 aliphatic carbocycles. The topological polar surface area (TPSA) is 64.9 Å². The van der Waals surface area contributed by atoms with Gasteiger partial charge in [-0.2, -0.15) is 5.10 Å². The zero-order chi connectivity index (χ0) is 15.7. The lowest BCUT2D eigenvalue weighted by molar-refractivity contribution is -0.274. The Morgan fingerprint density at radius 1 is 1.14 bits per heavy atom. The normalized spacial score (nSPS) is 11.6. The van der Waals surface area contributed by atoms with E-state index in [1.54, 1.807) is 17.9 Å². The lowest BCUT2D eigenvalue weighted by Gasteiger charge is -2.10. The first-order chi connectivity index (χ1) is 10.4. The molecule has 3 aromatic rings. The highest BCUT2D eigenvalue weighted by Crippen LogP contribution is 2.26. The van der Waals surface area contributed by atoms with Crippen molar-refractivity contribution >= 4 is 22.5 Å². The minimum absolute atomic E-state index is 0.285. The van der Waals surface area contributed by atoms with Gasteiger partial charge in [0, 0.05) is 12.7 Å². The maximum Gasteiger partial charge on any atom is 0.573 e. The summed E-state index contributed by atoms with van der Waals surface area (Å²) < 4.78 is 41.7. The first-order valence-corrected chi connectivity index (χ1v) is 6.18. The van der Waals surface area contributed by atoms with Crippen LogP contribution in [0, 0.1) is 0 Å². The third kappa shape index (κ3) is 2.92. The number of ether oxygens (including phenoxy) is 1. The van der Waals surface area contributed by atoms with Crippen LogP contribution in [0.2, 0.25) is 0 Å². The van der Waals surface area contributed by atoms with Gasteiger partial charge in [0.15, 0.2) is 5.65 Å². The quantitative estimate of drug-likeness (QED) is 0.805. The summed E-state index contributed by atoms with van der Waals surface area (Å²) in [6.45, 7) is 0. The molecule has 0 aliphatic rings. The molecule has 0 fully saturated rings. The molecular weight excluding hydrogens is 299 g/mol. The predicted octanol–water partition coefficient (Wildman–Crippen LogP) is 3.01. The second-order valence-corrected chi connectivity index (χ2v) is 4.42. The Balaban J connectivity index is 1.83. The van der Waals surface area contributed by atoms with Crippen LogP contribution in [-0.4, -0.2) is 26.1 Å². The van der Waals surface area contributed by atoms with Crippen molar-refractivity contribution in [3.05, 3.63) is 36.8 Å². The second kappa shape index (κ2) is 5.17. The van der Waals surface area contributed by atoms with Crippen LogP contribution >= 0.6 is 0 Å². The van der Waals surface area contributed by atoms with Crippen LogP contribution in [0.3, 0.4) is 0 Å². The summed E-state index contributed by atoms with van der Waals surface area (Å²) in [4.78, 5) is 8.21. The summed E-state index contributed by atoms with van der Waals surface area (Å²) in [5.74, 6) is 0.231. The molecule has 2 aromatic heterocycles. The molecule has 3 rings (SSSR count). The zero-order valence-electron chi connectivity index (χ0n) is 11.3. The molecule has 0 spiro atoms. The minimum atomic E-state index is -4.70. The predicted molar refractivity (Wildman–Crippen MR) is 72.7 cm³/mol. The number of nitrogens with one attached hydrogen (secondary N) is 1. The van der Waals surface area contributed by atoms with E-state index < -0.39 is 6.36 Å². The molecular formula is C13H10F3N5O. The molecule has 0 unspecified atom stereocenters. The van der Waals surface area contributed by atoms with Gasteiger partial charge in [0.2, 0.25) is 0 Å². The highest BCUT2D eigenvalue weighted by Gasteiger charge is 2.30. The molecule has 114 valence electrons. The summed E-state index contributed by atoms with van der Waals surface area (Å²) in [5.41, 5.74) is 1.22. The largest absolute Gasteiger partial charge is 0.573 e. The number of aryl methyl sites for hydroxylation is 1. The first-order valence-electron chi connectivity index (χ1n) is 6.18. The Hall–Kier alpha value is -2.84. The molecule has 9 heteroatoms. The van der Waals surface area contributed by atoms with Crippen LogP contribution in [0.25, 0.3) is 11.0 Å². The number of hydrogen-bond donors (Lipinski definition) is 1. The minimum Gasteiger partial charge on any atom is -0.406 e. The van der Waals surface area contributed by atoms with Crippen molar-refractivity contribution < 1.29 is 17.9 Å². The highest BCUT2D eigenvalue weighted by molar-refractivity contribution is 5.88. The number of halogens is 3. The van der Waals surface area contributed by atoms with E-state index in [2.05, 4.69) is 25.1 Å². The fourth-order valence-electron chi connectivity index (χ4n) is 1.94. The first kappa shape index (κ1) is 14.1. The fourth-order valence-corrected chi connectivity index (χ4v) is 1.94. The van der Waals surface area contributed by atoms with E-state index in [1.807, 2.05) is 0 Å². The number of alkyl halides is 3. The van der Waals surface area contributed by atoms with Gasteiger partial charge in [-0.05, 0) is 24.3 Å². The summed E-state index contributed by atoms with van der Waals surface area (Å²) in [6.07, 6.45) is -1.71. The number of benzene rings is 1. The smallest absolute Gasteiger partial charge is 0.406 e. The van der Waals surface area contributed by atoms with Crippen molar-refractivity contribution in [1.29, 1.82) is 0 Å². The lowest BCUT2D eigenvalue weighted by Crippen LogP contribution is -2.16. The Labute approximate surface area is 122 Å². The number of nitrogens with zero attached hydrogens (tertiary/aromatic N) is 4. The number of hydrogen-bond acceptors (Lipinski definition) is 5. The molecule has 22 heavy (non-hydrogen) atoms. The zero-order valence-corrected chi connectivity index (χ0v) is 11.3. The average Bonchev–Trinajstić information content (AvgIpc) is 2.83. The molecule has 1 aromatic carbocycles. The van der Waals surface area contributed by atoms with Gasteiger partial charge in [-0.15, -0.1) is 13.2 Å². The van der Waals surface area contributed by atoms with Gasteiger partial charge >= 0.3 is 6.36 Å².